The number of hydrogen-bond acceptors (Lipinski definition) is 2. The van der Waals surface area contributed by atoms with Gasteiger partial charge in [0.2, 0.25) is 5.91 Å². The quantitative estimate of drug-likeness (QED) is 0.826. The largest absolute Gasteiger partial charge is 0.385 e. The van der Waals surface area contributed by atoms with Crippen molar-refractivity contribution in [2.45, 2.75) is 38.5 Å². The highest BCUT2D eigenvalue weighted by molar-refractivity contribution is 5.75. The molecule has 104 valence electrons. The van der Waals surface area contributed by atoms with Crippen molar-refractivity contribution >= 4 is 11.6 Å². The van der Waals surface area contributed by atoms with Crippen LogP contribution in [-0.4, -0.2) is 31.4 Å². The highest BCUT2D eigenvalue weighted by atomic mass is 16.2. The lowest BCUT2D eigenvalue weighted by atomic mass is 9.90. The van der Waals surface area contributed by atoms with Crippen LogP contribution in [0.25, 0.3) is 0 Å². The molecule has 0 aromatic heterocycles. The Kier molecular flexibility index (Phi) is 4.83. The van der Waals surface area contributed by atoms with Crippen molar-refractivity contribution in [3.63, 3.8) is 0 Å². The normalized spacial score (nSPS) is 13.8. The first kappa shape index (κ1) is 13.9. The number of fused-ring (bicyclic) bond motifs is 1. The van der Waals surface area contributed by atoms with Gasteiger partial charge < -0.3 is 10.2 Å². The molecule has 0 saturated carbocycles. The third-order valence-corrected chi connectivity index (χ3v) is 3.78. The lowest BCUT2D eigenvalue weighted by molar-refractivity contribution is -0.128. The Balaban J connectivity index is 1.85. The molecule has 0 bridgehead atoms. The van der Waals surface area contributed by atoms with Crippen molar-refractivity contribution in [1.29, 1.82) is 0 Å². The summed E-state index contributed by atoms with van der Waals surface area (Å²) in [5, 5.41) is 3.50. The van der Waals surface area contributed by atoms with Crippen molar-refractivity contribution in [3.8, 4) is 0 Å². The number of carbonyl (C=O) groups excluding carboxylic acids is 1. The molecule has 2 rings (SSSR count). The second-order valence-electron chi connectivity index (χ2n) is 5.47. The summed E-state index contributed by atoms with van der Waals surface area (Å²) in [6.07, 6.45) is 6.52. The van der Waals surface area contributed by atoms with Crippen LogP contribution in [0.15, 0.2) is 18.2 Å². The first-order chi connectivity index (χ1) is 9.18. The van der Waals surface area contributed by atoms with Crippen molar-refractivity contribution in [3.05, 3.63) is 29.3 Å². The topological polar surface area (TPSA) is 32.3 Å². The summed E-state index contributed by atoms with van der Waals surface area (Å²) in [6.45, 7) is 0.871. The molecule has 1 aliphatic carbocycles. The molecule has 1 N–H and O–H groups in total. The van der Waals surface area contributed by atoms with Crippen molar-refractivity contribution in [2.75, 3.05) is 26.0 Å². The van der Waals surface area contributed by atoms with Crippen LogP contribution in [0.2, 0.25) is 0 Å². The zero-order valence-corrected chi connectivity index (χ0v) is 12.0. The van der Waals surface area contributed by atoms with Crippen molar-refractivity contribution in [1.82, 2.24) is 4.90 Å². The Labute approximate surface area is 116 Å². The summed E-state index contributed by atoms with van der Waals surface area (Å²) in [6, 6.07) is 6.55. The first-order valence-electron chi connectivity index (χ1n) is 7.23. The van der Waals surface area contributed by atoms with Gasteiger partial charge in [0.05, 0.1) is 0 Å². The summed E-state index contributed by atoms with van der Waals surface area (Å²) in [4.78, 5) is 13.1. The van der Waals surface area contributed by atoms with E-state index in [2.05, 4.69) is 23.5 Å². The van der Waals surface area contributed by atoms with Gasteiger partial charge in [-0.2, -0.15) is 0 Å². The second-order valence-corrected chi connectivity index (χ2v) is 5.47. The van der Waals surface area contributed by atoms with E-state index in [9.17, 15) is 4.79 Å². The van der Waals surface area contributed by atoms with Gasteiger partial charge in [-0.05, 0) is 49.3 Å². The minimum Gasteiger partial charge on any atom is -0.385 e. The molecule has 0 fully saturated rings. The van der Waals surface area contributed by atoms with E-state index in [0.717, 1.165) is 13.0 Å². The molecule has 0 spiro atoms. The number of rotatable bonds is 5. The number of anilines is 1. The molecule has 3 heteroatoms. The maximum absolute atomic E-state index is 11.5. The average molecular weight is 260 g/mol. The van der Waals surface area contributed by atoms with Gasteiger partial charge in [0.1, 0.15) is 0 Å². The third kappa shape index (κ3) is 3.72. The Morgan fingerprint density at radius 1 is 1.26 bits per heavy atom. The number of aryl methyl sites for hydroxylation is 1. The summed E-state index contributed by atoms with van der Waals surface area (Å²) in [5.74, 6) is 0.205. The fourth-order valence-electron chi connectivity index (χ4n) is 2.63. The van der Waals surface area contributed by atoms with Gasteiger partial charge in [-0.25, -0.2) is 0 Å². The molecule has 1 aliphatic rings. The zero-order chi connectivity index (χ0) is 13.7. The van der Waals surface area contributed by atoms with Crippen molar-refractivity contribution in [2.24, 2.45) is 0 Å². The molecule has 1 amide bonds. The standard InChI is InChI=1S/C16H24N2O/c1-18(2)16(19)11-6-12-17-15-10-5-8-13-7-3-4-9-14(13)15/h5,8,10,17H,3-4,6-7,9,11-12H2,1-2H3. The molecule has 1 aromatic carbocycles. The molecule has 0 heterocycles. The lowest BCUT2D eigenvalue weighted by Gasteiger charge is -2.20. The minimum atomic E-state index is 0.205. The number of carbonyl (C=O) groups is 1. The van der Waals surface area contributed by atoms with Gasteiger partial charge in [-0.15, -0.1) is 0 Å². The van der Waals surface area contributed by atoms with E-state index in [-0.39, 0.29) is 5.91 Å². The van der Waals surface area contributed by atoms with E-state index >= 15 is 0 Å². The number of benzene rings is 1. The Morgan fingerprint density at radius 3 is 2.84 bits per heavy atom. The maximum Gasteiger partial charge on any atom is 0.222 e. The van der Waals surface area contributed by atoms with Gasteiger partial charge in [-0.1, -0.05) is 12.1 Å². The molecule has 0 radical (unpaired) electrons. The monoisotopic (exact) mass is 260 g/mol. The molecule has 0 atom stereocenters. The van der Waals surface area contributed by atoms with E-state index in [1.807, 2.05) is 14.1 Å². The molecule has 3 nitrogen and oxygen atoms in total. The Morgan fingerprint density at radius 2 is 2.05 bits per heavy atom. The first-order valence-corrected chi connectivity index (χ1v) is 7.23. The van der Waals surface area contributed by atoms with Gasteiger partial charge in [0.25, 0.3) is 0 Å². The molecule has 0 aliphatic heterocycles. The molecule has 0 saturated heterocycles. The predicted octanol–water partition coefficient (Wildman–Crippen LogP) is 2.85. The average Bonchev–Trinajstić information content (AvgIpc) is 2.43. The van der Waals surface area contributed by atoms with Gasteiger partial charge >= 0.3 is 0 Å². The summed E-state index contributed by atoms with van der Waals surface area (Å²) in [7, 11) is 3.62. The smallest absolute Gasteiger partial charge is 0.222 e. The maximum atomic E-state index is 11.5. The van der Waals surface area contributed by atoms with Crippen LogP contribution < -0.4 is 5.32 Å². The van der Waals surface area contributed by atoms with E-state index < -0.39 is 0 Å². The van der Waals surface area contributed by atoms with Gasteiger partial charge in [0, 0.05) is 32.7 Å². The number of nitrogens with zero attached hydrogens (tertiary/aromatic N) is 1. The summed E-state index contributed by atoms with van der Waals surface area (Å²) in [5.41, 5.74) is 4.27. The third-order valence-electron chi connectivity index (χ3n) is 3.78. The highest BCUT2D eigenvalue weighted by Gasteiger charge is 2.12. The van der Waals surface area contributed by atoms with Crippen LogP contribution in [0.5, 0.6) is 0 Å². The summed E-state index contributed by atoms with van der Waals surface area (Å²) < 4.78 is 0. The molecular formula is C16H24N2O. The van der Waals surface area contributed by atoms with E-state index in [0.29, 0.717) is 6.42 Å². The minimum absolute atomic E-state index is 0.205. The molecular weight excluding hydrogens is 236 g/mol. The fourth-order valence-corrected chi connectivity index (χ4v) is 2.63. The van der Waals surface area contributed by atoms with Crippen LogP contribution in [0.3, 0.4) is 0 Å². The van der Waals surface area contributed by atoms with E-state index in [1.54, 1.807) is 4.90 Å². The SMILES string of the molecule is CN(C)C(=O)CCCNc1cccc2c1CCCC2. The van der Waals surface area contributed by atoms with Gasteiger partial charge in [0.15, 0.2) is 0 Å². The van der Waals surface area contributed by atoms with Crippen LogP contribution >= 0.6 is 0 Å². The number of amides is 1. The zero-order valence-electron chi connectivity index (χ0n) is 12.0. The predicted molar refractivity (Wildman–Crippen MR) is 79.5 cm³/mol. The number of nitrogens with one attached hydrogen (secondary N) is 1. The summed E-state index contributed by atoms with van der Waals surface area (Å²) >= 11 is 0. The van der Waals surface area contributed by atoms with Crippen LogP contribution in [-0.2, 0) is 17.6 Å². The van der Waals surface area contributed by atoms with Gasteiger partial charge in [-0.3, -0.25) is 4.79 Å². The fraction of sp³-hybridized carbons (Fsp3) is 0.562. The molecule has 19 heavy (non-hydrogen) atoms. The van der Waals surface area contributed by atoms with Crippen LogP contribution in [0.1, 0.15) is 36.8 Å². The van der Waals surface area contributed by atoms with Crippen LogP contribution in [0, 0.1) is 0 Å². The Bertz CT molecular complexity index is 440. The molecule has 0 unspecified atom stereocenters. The molecule has 1 aromatic rings. The van der Waals surface area contributed by atoms with Crippen molar-refractivity contribution < 1.29 is 4.79 Å². The van der Waals surface area contributed by atoms with E-state index in [1.165, 1.54) is 42.5 Å². The number of hydrogen-bond donors (Lipinski definition) is 1. The van der Waals surface area contributed by atoms with E-state index in [4.69, 9.17) is 0 Å². The Hall–Kier alpha value is -1.51. The second kappa shape index (κ2) is 6.60. The highest BCUT2D eigenvalue weighted by Crippen LogP contribution is 2.27. The van der Waals surface area contributed by atoms with Crippen LogP contribution in [0.4, 0.5) is 5.69 Å². The lowest BCUT2D eigenvalue weighted by Crippen LogP contribution is -2.22.